The Morgan fingerprint density at radius 1 is 0.564 bits per heavy atom. The number of phosphoric acid groups is 1. The fourth-order valence-electron chi connectivity index (χ4n) is 5.41. The summed E-state index contributed by atoms with van der Waals surface area (Å²) in [6.45, 7) is 2.18. The van der Waals surface area contributed by atoms with Crippen molar-refractivity contribution in [3.8, 4) is 0 Å². The van der Waals surface area contributed by atoms with E-state index in [1.165, 1.54) is 70.6 Å². The fourth-order valence-corrected chi connectivity index (χ4v) is 6.20. The number of carbonyl (C=O) groups is 2. The van der Waals surface area contributed by atoms with E-state index < -0.39 is 51.8 Å². The molecule has 0 heterocycles. The van der Waals surface area contributed by atoms with Gasteiger partial charge in [-0.15, -0.1) is 0 Å². The Balaban J connectivity index is 4.34. The molecule has 10 nitrogen and oxygen atoms in total. The van der Waals surface area contributed by atoms with Crippen molar-refractivity contribution >= 4 is 19.8 Å². The lowest BCUT2D eigenvalue weighted by Crippen LogP contribution is -2.29. The van der Waals surface area contributed by atoms with E-state index in [9.17, 15) is 24.2 Å². The Morgan fingerprint density at radius 2 is 1.04 bits per heavy atom. The fraction of sp³-hybridized carbons (Fsp3) is 0.727. The van der Waals surface area contributed by atoms with Gasteiger partial charge in [-0.05, 0) is 64.2 Å². The Hall–Kier alpha value is -2.33. The van der Waals surface area contributed by atoms with Crippen LogP contribution in [0.3, 0.4) is 0 Å². The van der Waals surface area contributed by atoms with E-state index in [4.69, 9.17) is 19.1 Å². The summed E-state index contributed by atoms with van der Waals surface area (Å²) in [4.78, 5) is 34.9. The summed E-state index contributed by atoms with van der Waals surface area (Å²) in [6.07, 6.45) is 43.5. The lowest BCUT2D eigenvalue weighted by Gasteiger charge is -2.20. The van der Waals surface area contributed by atoms with Gasteiger partial charge in [0.25, 0.3) is 0 Å². The highest BCUT2D eigenvalue weighted by Gasteiger charge is 2.27. The van der Waals surface area contributed by atoms with Crippen LogP contribution in [0, 0.1) is 0 Å². The molecule has 0 aromatic heterocycles. The van der Waals surface area contributed by atoms with Gasteiger partial charge in [0.05, 0.1) is 19.8 Å². The van der Waals surface area contributed by atoms with Crippen molar-refractivity contribution in [3.05, 3.63) is 60.8 Å². The Morgan fingerprint density at radius 3 is 1.58 bits per heavy atom. The molecule has 3 atom stereocenters. The predicted octanol–water partition coefficient (Wildman–Crippen LogP) is 11.1. The topological polar surface area (TPSA) is 149 Å². The van der Waals surface area contributed by atoms with E-state index in [1.807, 2.05) is 12.2 Å². The first-order valence-corrected chi connectivity index (χ1v) is 22.7. The summed E-state index contributed by atoms with van der Waals surface area (Å²) in [5.41, 5.74) is 0. The smallest absolute Gasteiger partial charge is 0.462 e. The van der Waals surface area contributed by atoms with Crippen molar-refractivity contribution in [1.29, 1.82) is 0 Å². The molecule has 0 radical (unpaired) electrons. The summed E-state index contributed by atoms with van der Waals surface area (Å²) >= 11 is 0. The number of aliphatic hydroxyl groups excluding tert-OH is 2. The van der Waals surface area contributed by atoms with Crippen LogP contribution in [0.5, 0.6) is 0 Å². The van der Waals surface area contributed by atoms with Crippen LogP contribution in [0.25, 0.3) is 0 Å². The molecule has 318 valence electrons. The van der Waals surface area contributed by atoms with Crippen LogP contribution in [-0.4, -0.2) is 65.7 Å². The van der Waals surface area contributed by atoms with Crippen molar-refractivity contribution in [3.63, 3.8) is 0 Å². The summed E-state index contributed by atoms with van der Waals surface area (Å²) in [7, 11) is -4.63. The first-order chi connectivity index (χ1) is 26.7. The van der Waals surface area contributed by atoms with E-state index >= 15 is 0 Å². The maximum absolute atomic E-state index is 12.5. The number of aliphatic hydroxyl groups is 2. The molecule has 0 amide bonds. The van der Waals surface area contributed by atoms with Gasteiger partial charge in [-0.25, -0.2) is 4.57 Å². The molecule has 0 saturated heterocycles. The summed E-state index contributed by atoms with van der Waals surface area (Å²) in [6, 6.07) is 0. The van der Waals surface area contributed by atoms with Crippen LogP contribution in [0.2, 0.25) is 0 Å². The van der Waals surface area contributed by atoms with Crippen molar-refractivity contribution < 1.29 is 47.8 Å². The van der Waals surface area contributed by atoms with Crippen molar-refractivity contribution in [2.75, 3.05) is 26.4 Å². The molecule has 0 fully saturated rings. The van der Waals surface area contributed by atoms with Gasteiger partial charge in [0.1, 0.15) is 12.7 Å². The summed E-state index contributed by atoms with van der Waals surface area (Å²) in [5.74, 6) is -1.01. The Labute approximate surface area is 334 Å². The van der Waals surface area contributed by atoms with Crippen molar-refractivity contribution in [2.45, 2.75) is 180 Å². The van der Waals surface area contributed by atoms with Crippen molar-refractivity contribution in [2.24, 2.45) is 0 Å². The highest BCUT2D eigenvalue weighted by atomic mass is 31.2. The molecule has 0 saturated carbocycles. The second-order valence-corrected chi connectivity index (χ2v) is 15.4. The number of esters is 2. The molecule has 0 aromatic carbocycles. The van der Waals surface area contributed by atoms with E-state index in [1.54, 1.807) is 0 Å². The maximum Gasteiger partial charge on any atom is 0.472 e. The van der Waals surface area contributed by atoms with Gasteiger partial charge in [0.2, 0.25) is 0 Å². The van der Waals surface area contributed by atoms with Crippen LogP contribution in [0.1, 0.15) is 168 Å². The number of rotatable bonds is 39. The van der Waals surface area contributed by atoms with Gasteiger partial charge in [-0.3, -0.25) is 18.6 Å². The van der Waals surface area contributed by atoms with Crippen LogP contribution >= 0.6 is 7.82 Å². The third-order valence-electron chi connectivity index (χ3n) is 8.67. The molecule has 0 aliphatic carbocycles. The zero-order valence-electron chi connectivity index (χ0n) is 34.4. The standard InChI is InChI=1S/C44H77O10P/c1-3-5-7-9-11-13-15-17-18-19-20-21-22-24-25-27-29-31-33-35-43(47)51-39-42(40-53-55(49,50)52-38-41(46)37-45)54-44(48)36-34-32-30-28-26-23-16-14-12-10-8-6-4-2/h5,7,11,13,17-18,23,26,30,32,41-42,45-46H,3-4,6,8-10,12,14-16,19-22,24-25,27-29,31,33-40H2,1-2H3,(H,49,50)/b7-5+,13-11+,18-17+,26-23+,32-30+/t41-,42?/m1/s1. The third-order valence-corrected chi connectivity index (χ3v) is 9.62. The van der Waals surface area contributed by atoms with Crippen LogP contribution < -0.4 is 0 Å². The molecule has 11 heteroatoms. The molecular formula is C44H77O10P. The first kappa shape index (κ1) is 52.7. The van der Waals surface area contributed by atoms with Gasteiger partial charge in [0, 0.05) is 12.8 Å². The number of hydrogen-bond donors (Lipinski definition) is 3. The number of phosphoric ester groups is 1. The Bertz CT molecular complexity index is 1100. The van der Waals surface area contributed by atoms with E-state index in [2.05, 4.69) is 67.0 Å². The number of carbonyl (C=O) groups excluding carboxylic acids is 2. The minimum absolute atomic E-state index is 0.0750. The van der Waals surface area contributed by atoms with E-state index in [-0.39, 0.29) is 19.4 Å². The average molecular weight is 797 g/mol. The molecule has 3 N–H and O–H groups in total. The zero-order chi connectivity index (χ0) is 40.5. The molecule has 2 unspecified atom stereocenters. The normalized spacial score (nSPS) is 14.5. The lowest BCUT2D eigenvalue weighted by molar-refractivity contribution is -0.161. The van der Waals surface area contributed by atoms with Gasteiger partial charge < -0.3 is 24.6 Å². The number of allylic oxidation sites excluding steroid dienone is 10. The Kier molecular flexibility index (Phi) is 38.2. The van der Waals surface area contributed by atoms with E-state index in [0.717, 1.165) is 57.8 Å². The number of unbranched alkanes of at least 4 members (excludes halogenated alkanes) is 15. The quantitative estimate of drug-likeness (QED) is 0.0237. The van der Waals surface area contributed by atoms with Gasteiger partial charge in [0.15, 0.2) is 6.10 Å². The highest BCUT2D eigenvalue weighted by Crippen LogP contribution is 2.43. The largest absolute Gasteiger partial charge is 0.472 e. The summed E-state index contributed by atoms with van der Waals surface area (Å²) in [5, 5.41) is 18.3. The van der Waals surface area contributed by atoms with Crippen LogP contribution in [0.15, 0.2) is 60.8 Å². The molecule has 0 aliphatic rings. The van der Waals surface area contributed by atoms with Crippen LogP contribution in [0.4, 0.5) is 0 Å². The molecule has 0 aromatic rings. The molecule has 55 heavy (non-hydrogen) atoms. The number of hydrogen-bond acceptors (Lipinski definition) is 9. The van der Waals surface area contributed by atoms with Gasteiger partial charge in [-0.2, -0.15) is 0 Å². The predicted molar refractivity (Wildman–Crippen MR) is 224 cm³/mol. The zero-order valence-corrected chi connectivity index (χ0v) is 35.3. The monoisotopic (exact) mass is 797 g/mol. The minimum atomic E-state index is -4.63. The molecule has 0 rings (SSSR count). The minimum Gasteiger partial charge on any atom is -0.462 e. The van der Waals surface area contributed by atoms with Gasteiger partial charge >= 0.3 is 19.8 Å². The lowest BCUT2D eigenvalue weighted by atomic mass is 10.1. The molecule has 0 spiro atoms. The van der Waals surface area contributed by atoms with Crippen LogP contribution in [-0.2, 0) is 32.7 Å². The second-order valence-electron chi connectivity index (χ2n) is 14.0. The third kappa shape index (κ3) is 39.7. The summed E-state index contributed by atoms with van der Waals surface area (Å²) < 4.78 is 32.6. The average Bonchev–Trinajstić information content (AvgIpc) is 3.17. The molecule has 0 bridgehead atoms. The maximum atomic E-state index is 12.5. The SMILES string of the molecule is CC/C=C/C/C=C/C/C=C/CCCCCCCCCCCC(=O)OCC(COP(=O)(O)OC[C@H](O)CO)OC(=O)CC/C=C/C/C=C/CCCCCCCC. The molecule has 0 aliphatic heterocycles. The number of ether oxygens (including phenoxy) is 2. The second kappa shape index (κ2) is 39.9. The highest BCUT2D eigenvalue weighted by molar-refractivity contribution is 7.47. The van der Waals surface area contributed by atoms with Gasteiger partial charge in [-0.1, -0.05) is 152 Å². The van der Waals surface area contributed by atoms with Crippen molar-refractivity contribution in [1.82, 2.24) is 0 Å². The van der Waals surface area contributed by atoms with E-state index in [0.29, 0.717) is 12.8 Å². The molecular weight excluding hydrogens is 719 g/mol. The first-order valence-electron chi connectivity index (χ1n) is 21.2.